The van der Waals surface area contributed by atoms with Crippen LogP contribution < -0.4 is 9.47 Å². The summed E-state index contributed by atoms with van der Waals surface area (Å²) in [4.78, 5) is 15.6. The summed E-state index contributed by atoms with van der Waals surface area (Å²) < 4.78 is 15.7. The van der Waals surface area contributed by atoms with Crippen LogP contribution in [0.25, 0.3) is 0 Å². The summed E-state index contributed by atoms with van der Waals surface area (Å²) >= 11 is 0. The lowest BCUT2D eigenvalue weighted by Gasteiger charge is -2.09. The number of nitrogens with zero attached hydrogens (tertiary/aromatic N) is 1. The van der Waals surface area contributed by atoms with Crippen molar-refractivity contribution in [3.63, 3.8) is 0 Å². The number of carbonyl (C=O) groups is 1. The van der Waals surface area contributed by atoms with Crippen molar-refractivity contribution in [2.45, 2.75) is 6.92 Å². The molecule has 5 nitrogen and oxygen atoms in total. The standard InChI is InChI=1S/C15H15NO4/c1-3-19-15(17)11-6-8-12(9-7-11)20-14-13(18-2)5-4-10-16-14/h4-10H,3H2,1-2H3. The van der Waals surface area contributed by atoms with Crippen molar-refractivity contribution in [1.29, 1.82) is 0 Å². The fourth-order valence-corrected chi connectivity index (χ4v) is 1.59. The van der Waals surface area contributed by atoms with E-state index in [1.807, 2.05) is 0 Å². The number of ether oxygens (including phenoxy) is 3. The first-order valence-electron chi connectivity index (χ1n) is 6.18. The molecule has 0 radical (unpaired) electrons. The molecule has 0 spiro atoms. The highest BCUT2D eigenvalue weighted by Crippen LogP contribution is 2.28. The first-order valence-corrected chi connectivity index (χ1v) is 6.18. The minimum Gasteiger partial charge on any atom is -0.491 e. The van der Waals surface area contributed by atoms with Crippen molar-refractivity contribution in [1.82, 2.24) is 4.98 Å². The molecule has 0 aliphatic heterocycles. The Balaban J connectivity index is 2.13. The van der Waals surface area contributed by atoms with Crippen LogP contribution in [0, 0.1) is 0 Å². The van der Waals surface area contributed by atoms with Gasteiger partial charge in [0.25, 0.3) is 5.88 Å². The maximum absolute atomic E-state index is 11.5. The number of pyridine rings is 1. The minimum atomic E-state index is -0.352. The lowest BCUT2D eigenvalue weighted by molar-refractivity contribution is 0.0526. The second-order valence-electron chi connectivity index (χ2n) is 3.86. The summed E-state index contributed by atoms with van der Waals surface area (Å²) in [6, 6.07) is 10.2. The van der Waals surface area contributed by atoms with Crippen molar-refractivity contribution < 1.29 is 19.0 Å². The van der Waals surface area contributed by atoms with Gasteiger partial charge >= 0.3 is 5.97 Å². The van der Waals surface area contributed by atoms with E-state index in [4.69, 9.17) is 14.2 Å². The van der Waals surface area contributed by atoms with E-state index in [9.17, 15) is 4.79 Å². The first kappa shape index (κ1) is 13.9. The molecule has 2 aromatic rings. The summed E-state index contributed by atoms with van der Waals surface area (Å²) in [5.41, 5.74) is 0.479. The lowest BCUT2D eigenvalue weighted by atomic mass is 10.2. The number of aromatic nitrogens is 1. The van der Waals surface area contributed by atoms with Gasteiger partial charge in [0, 0.05) is 6.20 Å². The zero-order valence-electron chi connectivity index (χ0n) is 11.3. The average Bonchev–Trinajstić information content (AvgIpc) is 2.49. The molecule has 0 fully saturated rings. The molecule has 0 unspecified atom stereocenters. The first-order chi connectivity index (χ1) is 9.74. The second-order valence-corrected chi connectivity index (χ2v) is 3.86. The predicted molar refractivity (Wildman–Crippen MR) is 73.3 cm³/mol. The Morgan fingerprint density at radius 2 is 1.95 bits per heavy atom. The monoisotopic (exact) mass is 273 g/mol. The van der Waals surface area contributed by atoms with Crippen molar-refractivity contribution in [2.24, 2.45) is 0 Å². The molecule has 104 valence electrons. The Kier molecular flexibility index (Phi) is 4.55. The molecular weight excluding hydrogens is 258 g/mol. The molecule has 0 aliphatic rings. The molecule has 1 aromatic carbocycles. The molecule has 0 saturated heterocycles. The van der Waals surface area contributed by atoms with Gasteiger partial charge in [-0.25, -0.2) is 9.78 Å². The summed E-state index contributed by atoms with van der Waals surface area (Å²) in [7, 11) is 1.55. The van der Waals surface area contributed by atoms with E-state index >= 15 is 0 Å². The van der Waals surface area contributed by atoms with E-state index in [1.54, 1.807) is 56.6 Å². The topological polar surface area (TPSA) is 57.7 Å². The Bertz CT molecular complexity index is 581. The summed E-state index contributed by atoms with van der Waals surface area (Å²) in [6.45, 7) is 2.12. The van der Waals surface area contributed by atoms with Crippen LogP contribution in [0.2, 0.25) is 0 Å². The van der Waals surface area contributed by atoms with Gasteiger partial charge in [0.2, 0.25) is 0 Å². The molecule has 2 rings (SSSR count). The number of benzene rings is 1. The van der Waals surface area contributed by atoms with E-state index < -0.39 is 0 Å². The van der Waals surface area contributed by atoms with Crippen LogP contribution in [-0.2, 0) is 4.74 Å². The molecule has 1 aromatic heterocycles. The second kappa shape index (κ2) is 6.56. The van der Waals surface area contributed by atoms with Crippen LogP contribution in [0.15, 0.2) is 42.6 Å². The molecule has 20 heavy (non-hydrogen) atoms. The minimum absolute atomic E-state index is 0.349. The number of hydrogen-bond acceptors (Lipinski definition) is 5. The van der Waals surface area contributed by atoms with Gasteiger partial charge in [-0.2, -0.15) is 0 Å². The molecule has 0 bridgehead atoms. The highest BCUT2D eigenvalue weighted by Gasteiger charge is 2.08. The normalized spacial score (nSPS) is 9.90. The summed E-state index contributed by atoms with van der Waals surface area (Å²) in [5.74, 6) is 1.13. The van der Waals surface area contributed by atoms with E-state index in [0.29, 0.717) is 29.5 Å². The van der Waals surface area contributed by atoms with Gasteiger partial charge in [0.1, 0.15) is 5.75 Å². The third kappa shape index (κ3) is 3.26. The van der Waals surface area contributed by atoms with E-state index in [-0.39, 0.29) is 5.97 Å². The molecule has 1 heterocycles. The number of hydrogen-bond donors (Lipinski definition) is 0. The smallest absolute Gasteiger partial charge is 0.338 e. The van der Waals surface area contributed by atoms with E-state index in [1.165, 1.54) is 0 Å². The Morgan fingerprint density at radius 3 is 2.60 bits per heavy atom. The molecule has 0 N–H and O–H groups in total. The van der Waals surface area contributed by atoms with Gasteiger partial charge in [0.05, 0.1) is 19.3 Å². The van der Waals surface area contributed by atoms with Crippen molar-refractivity contribution in [2.75, 3.05) is 13.7 Å². The number of rotatable bonds is 5. The maximum atomic E-state index is 11.5. The van der Waals surface area contributed by atoms with Crippen LogP contribution in [0.4, 0.5) is 0 Å². The van der Waals surface area contributed by atoms with E-state index in [0.717, 1.165) is 0 Å². The Hall–Kier alpha value is -2.56. The lowest BCUT2D eigenvalue weighted by Crippen LogP contribution is -2.04. The molecule has 0 amide bonds. The quantitative estimate of drug-likeness (QED) is 0.784. The number of esters is 1. The van der Waals surface area contributed by atoms with Crippen LogP contribution >= 0.6 is 0 Å². The van der Waals surface area contributed by atoms with Crippen molar-refractivity contribution >= 4 is 5.97 Å². The van der Waals surface area contributed by atoms with Gasteiger partial charge in [-0.1, -0.05) is 0 Å². The van der Waals surface area contributed by atoms with Crippen LogP contribution in [-0.4, -0.2) is 24.7 Å². The fraction of sp³-hybridized carbons (Fsp3) is 0.200. The maximum Gasteiger partial charge on any atom is 0.338 e. The van der Waals surface area contributed by atoms with Gasteiger partial charge in [-0.15, -0.1) is 0 Å². The van der Waals surface area contributed by atoms with E-state index in [2.05, 4.69) is 4.98 Å². The van der Waals surface area contributed by atoms with Gasteiger partial charge in [-0.05, 0) is 43.3 Å². The molecular formula is C15H15NO4. The molecule has 0 aliphatic carbocycles. The Morgan fingerprint density at radius 1 is 1.20 bits per heavy atom. The highest BCUT2D eigenvalue weighted by atomic mass is 16.5. The van der Waals surface area contributed by atoms with Crippen LogP contribution in [0.1, 0.15) is 17.3 Å². The largest absolute Gasteiger partial charge is 0.491 e. The molecule has 0 saturated carbocycles. The van der Waals surface area contributed by atoms with Crippen molar-refractivity contribution in [3.8, 4) is 17.4 Å². The van der Waals surface area contributed by atoms with Crippen molar-refractivity contribution in [3.05, 3.63) is 48.2 Å². The van der Waals surface area contributed by atoms with Gasteiger partial charge < -0.3 is 14.2 Å². The van der Waals surface area contributed by atoms with Gasteiger partial charge in [0.15, 0.2) is 5.75 Å². The highest BCUT2D eigenvalue weighted by molar-refractivity contribution is 5.89. The zero-order chi connectivity index (χ0) is 14.4. The molecule has 0 atom stereocenters. The fourth-order valence-electron chi connectivity index (χ4n) is 1.59. The number of carbonyl (C=O) groups excluding carboxylic acids is 1. The average molecular weight is 273 g/mol. The summed E-state index contributed by atoms with van der Waals surface area (Å²) in [6.07, 6.45) is 1.62. The zero-order valence-corrected chi connectivity index (χ0v) is 11.3. The number of methoxy groups -OCH3 is 1. The third-order valence-corrected chi connectivity index (χ3v) is 2.54. The Labute approximate surface area is 117 Å². The van der Waals surface area contributed by atoms with Crippen LogP contribution in [0.3, 0.4) is 0 Å². The van der Waals surface area contributed by atoms with Gasteiger partial charge in [-0.3, -0.25) is 0 Å². The van der Waals surface area contributed by atoms with Crippen LogP contribution in [0.5, 0.6) is 17.4 Å². The third-order valence-electron chi connectivity index (χ3n) is 2.54. The predicted octanol–water partition coefficient (Wildman–Crippen LogP) is 3.06. The molecule has 5 heteroatoms. The summed E-state index contributed by atoms with van der Waals surface area (Å²) in [5, 5.41) is 0. The SMILES string of the molecule is CCOC(=O)c1ccc(Oc2ncccc2OC)cc1.